The standard InChI is InChI=1S/C20H30O3/c1-4-18(2)8-7-16-14(9-18)5-6-17-19(16,3)10-15(23)11-20(17,12-21)13-22/h4,9,16-17,21-22H,1,5-8,10-13H2,2-3H3. The molecule has 2 saturated carbocycles. The Balaban J connectivity index is 2.02. The summed E-state index contributed by atoms with van der Waals surface area (Å²) in [5.41, 5.74) is 0.776. The van der Waals surface area contributed by atoms with Gasteiger partial charge < -0.3 is 10.2 Å². The fourth-order valence-corrected chi connectivity index (χ4v) is 5.92. The van der Waals surface area contributed by atoms with Gasteiger partial charge in [-0.15, -0.1) is 6.58 Å². The van der Waals surface area contributed by atoms with Crippen molar-refractivity contribution >= 4 is 5.78 Å². The van der Waals surface area contributed by atoms with Crippen molar-refractivity contribution in [2.24, 2.45) is 28.1 Å². The first-order valence-corrected chi connectivity index (χ1v) is 8.91. The quantitative estimate of drug-likeness (QED) is 0.785. The second kappa shape index (κ2) is 5.56. The molecule has 0 heterocycles. The van der Waals surface area contributed by atoms with Gasteiger partial charge in [-0.2, -0.15) is 0 Å². The largest absolute Gasteiger partial charge is 0.396 e. The summed E-state index contributed by atoms with van der Waals surface area (Å²) in [6.07, 6.45) is 9.46. The zero-order chi connectivity index (χ0) is 16.9. The first-order chi connectivity index (χ1) is 10.8. The number of aliphatic hydroxyl groups is 2. The molecule has 23 heavy (non-hydrogen) atoms. The molecule has 0 aromatic heterocycles. The number of Topliss-reactive ketones (excluding diaryl/α,β-unsaturated/α-hetero) is 1. The lowest BCUT2D eigenvalue weighted by atomic mass is 9.45. The fraction of sp³-hybridized carbons (Fsp3) is 0.750. The Morgan fingerprint density at radius 3 is 2.57 bits per heavy atom. The summed E-state index contributed by atoms with van der Waals surface area (Å²) < 4.78 is 0. The Morgan fingerprint density at radius 1 is 1.26 bits per heavy atom. The number of aliphatic hydroxyl groups excluding tert-OH is 2. The molecule has 2 N–H and O–H groups in total. The van der Waals surface area contributed by atoms with E-state index in [0.29, 0.717) is 18.8 Å². The lowest BCUT2D eigenvalue weighted by molar-refractivity contribution is -0.153. The summed E-state index contributed by atoms with van der Waals surface area (Å²) >= 11 is 0. The second-order valence-electron chi connectivity index (χ2n) is 8.69. The van der Waals surface area contributed by atoms with E-state index >= 15 is 0 Å². The van der Waals surface area contributed by atoms with E-state index in [9.17, 15) is 15.0 Å². The van der Waals surface area contributed by atoms with Crippen LogP contribution in [0.4, 0.5) is 0 Å². The molecule has 128 valence electrons. The molecule has 3 nitrogen and oxygen atoms in total. The van der Waals surface area contributed by atoms with E-state index in [4.69, 9.17) is 0 Å². The van der Waals surface area contributed by atoms with Crippen molar-refractivity contribution in [1.82, 2.24) is 0 Å². The Morgan fingerprint density at radius 2 is 1.96 bits per heavy atom. The smallest absolute Gasteiger partial charge is 0.134 e. The molecular weight excluding hydrogens is 288 g/mol. The van der Waals surface area contributed by atoms with Crippen molar-refractivity contribution in [3.63, 3.8) is 0 Å². The third-order valence-electron chi connectivity index (χ3n) is 7.21. The van der Waals surface area contributed by atoms with Crippen LogP contribution >= 0.6 is 0 Å². The number of hydrogen-bond donors (Lipinski definition) is 2. The number of hydrogen-bond acceptors (Lipinski definition) is 3. The maximum atomic E-state index is 12.5. The van der Waals surface area contributed by atoms with Gasteiger partial charge in [-0.25, -0.2) is 0 Å². The van der Waals surface area contributed by atoms with Gasteiger partial charge >= 0.3 is 0 Å². The van der Waals surface area contributed by atoms with Crippen LogP contribution in [-0.4, -0.2) is 29.2 Å². The molecule has 2 fully saturated rings. The van der Waals surface area contributed by atoms with E-state index in [2.05, 4.69) is 26.5 Å². The molecule has 3 aliphatic rings. The van der Waals surface area contributed by atoms with Crippen LogP contribution in [-0.2, 0) is 4.79 Å². The van der Waals surface area contributed by atoms with Crippen molar-refractivity contribution in [2.45, 2.75) is 52.4 Å². The average Bonchev–Trinajstić information content (AvgIpc) is 2.52. The van der Waals surface area contributed by atoms with Gasteiger partial charge in [0.15, 0.2) is 0 Å². The monoisotopic (exact) mass is 318 g/mol. The van der Waals surface area contributed by atoms with E-state index in [1.807, 2.05) is 6.08 Å². The third kappa shape index (κ3) is 2.44. The van der Waals surface area contributed by atoms with Crippen LogP contribution < -0.4 is 0 Å². The highest BCUT2D eigenvalue weighted by Crippen LogP contribution is 2.63. The van der Waals surface area contributed by atoms with Gasteiger partial charge in [0.2, 0.25) is 0 Å². The fourth-order valence-electron chi connectivity index (χ4n) is 5.92. The maximum absolute atomic E-state index is 12.5. The topological polar surface area (TPSA) is 57.5 Å². The number of rotatable bonds is 3. The summed E-state index contributed by atoms with van der Waals surface area (Å²) in [5.74, 6) is 0.819. The summed E-state index contributed by atoms with van der Waals surface area (Å²) in [5, 5.41) is 20.0. The molecule has 3 rings (SSSR count). The third-order valence-corrected chi connectivity index (χ3v) is 7.21. The second-order valence-corrected chi connectivity index (χ2v) is 8.69. The maximum Gasteiger partial charge on any atom is 0.134 e. The molecule has 4 atom stereocenters. The Bertz CT molecular complexity index is 545. The van der Waals surface area contributed by atoms with Crippen molar-refractivity contribution in [2.75, 3.05) is 13.2 Å². The van der Waals surface area contributed by atoms with Gasteiger partial charge in [0.05, 0.1) is 13.2 Å². The normalized spacial score (nSPS) is 42.4. The van der Waals surface area contributed by atoms with Gasteiger partial charge in [0.1, 0.15) is 5.78 Å². The number of allylic oxidation sites excluding steroid dienone is 3. The molecular formula is C20H30O3. The molecule has 0 amide bonds. The minimum Gasteiger partial charge on any atom is -0.396 e. The lowest BCUT2D eigenvalue weighted by Crippen LogP contribution is -2.57. The molecule has 3 heteroatoms. The van der Waals surface area contributed by atoms with Crippen molar-refractivity contribution in [3.8, 4) is 0 Å². The van der Waals surface area contributed by atoms with E-state index in [1.54, 1.807) is 0 Å². The van der Waals surface area contributed by atoms with E-state index in [0.717, 1.165) is 25.7 Å². The van der Waals surface area contributed by atoms with Crippen LogP contribution in [0, 0.1) is 28.1 Å². The predicted octanol–water partition coefficient (Wildman–Crippen LogP) is 3.27. The first-order valence-electron chi connectivity index (χ1n) is 8.91. The van der Waals surface area contributed by atoms with E-state index in [-0.39, 0.29) is 35.7 Å². The van der Waals surface area contributed by atoms with Crippen LogP contribution in [0.5, 0.6) is 0 Å². The van der Waals surface area contributed by atoms with Crippen LogP contribution in [0.25, 0.3) is 0 Å². The summed E-state index contributed by atoms with van der Waals surface area (Å²) in [4.78, 5) is 12.5. The Hall–Kier alpha value is -0.930. The Kier molecular flexibility index (Phi) is 4.09. The van der Waals surface area contributed by atoms with Crippen molar-refractivity contribution < 1.29 is 15.0 Å². The number of carbonyl (C=O) groups is 1. The van der Waals surface area contributed by atoms with Gasteiger partial charge in [0.25, 0.3) is 0 Å². The highest BCUT2D eigenvalue weighted by Gasteiger charge is 2.59. The molecule has 0 aromatic rings. The minimum atomic E-state index is -0.630. The summed E-state index contributed by atoms with van der Waals surface area (Å²) in [6.45, 7) is 8.26. The molecule has 0 aliphatic heterocycles. The zero-order valence-corrected chi connectivity index (χ0v) is 14.5. The summed E-state index contributed by atoms with van der Waals surface area (Å²) in [6, 6.07) is 0. The molecule has 4 unspecified atom stereocenters. The van der Waals surface area contributed by atoms with Crippen LogP contribution in [0.3, 0.4) is 0 Å². The SMILES string of the molecule is C=CC1(C)C=C2CCC3C(CO)(CO)CC(=O)CC3(C)C2CC1. The van der Waals surface area contributed by atoms with Gasteiger partial charge in [0, 0.05) is 23.7 Å². The number of ketones is 1. The first kappa shape index (κ1) is 16.9. The lowest BCUT2D eigenvalue weighted by Gasteiger charge is -2.59. The van der Waals surface area contributed by atoms with Crippen molar-refractivity contribution in [3.05, 3.63) is 24.3 Å². The van der Waals surface area contributed by atoms with Crippen LogP contribution in [0.1, 0.15) is 52.4 Å². The van der Waals surface area contributed by atoms with Gasteiger partial charge in [-0.3, -0.25) is 4.79 Å². The molecule has 0 saturated heterocycles. The summed E-state index contributed by atoms with van der Waals surface area (Å²) in [7, 11) is 0. The van der Waals surface area contributed by atoms with Gasteiger partial charge in [-0.05, 0) is 42.9 Å². The van der Waals surface area contributed by atoms with E-state index < -0.39 is 5.41 Å². The molecule has 0 aromatic carbocycles. The highest BCUT2D eigenvalue weighted by atomic mass is 16.3. The molecule has 0 spiro atoms. The highest BCUT2D eigenvalue weighted by molar-refractivity contribution is 5.81. The number of fused-ring (bicyclic) bond motifs is 3. The molecule has 0 bridgehead atoms. The minimum absolute atomic E-state index is 0.0682. The van der Waals surface area contributed by atoms with Crippen LogP contribution in [0.15, 0.2) is 24.3 Å². The Labute approximate surface area is 139 Å². The molecule has 0 radical (unpaired) electrons. The average molecular weight is 318 g/mol. The number of carbonyl (C=O) groups excluding carboxylic acids is 1. The van der Waals surface area contributed by atoms with Crippen molar-refractivity contribution in [1.29, 1.82) is 0 Å². The zero-order valence-electron chi connectivity index (χ0n) is 14.5. The van der Waals surface area contributed by atoms with Gasteiger partial charge in [-0.1, -0.05) is 31.6 Å². The molecule has 3 aliphatic carbocycles. The van der Waals surface area contributed by atoms with Crippen LogP contribution in [0.2, 0.25) is 0 Å². The van der Waals surface area contributed by atoms with E-state index in [1.165, 1.54) is 5.57 Å². The predicted molar refractivity (Wildman–Crippen MR) is 90.8 cm³/mol.